The van der Waals surface area contributed by atoms with E-state index < -0.39 is 0 Å². The summed E-state index contributed by atoms with van der Waals surface area (Å²) in [6, 6.07) is 3.99. The third-order valence-corrected chi connectivity index (χ3v) is 2.00. The molecule has 1 aliphatic heterocycles. The van der Waals surface area contributed by atoms with Crippen molar-refractivity contribution < 1.29 is 4.79 Å². The molecule has 1 amide bonds. The molecule has 1 aromatic heterocycles. The van der Waals surface area contributed by atoms with Gasteiger partial charge in [0, 0.05) is 12.1 Å². The molecule has 0 fully saturated rings. The Morgan fingerprint density at radius 3 is 3.08 bits per heavy atom. The van der Waals surface area contributed by atoms with Crippen molar-refractivity contribution in [2.45, 2.75) is 19.8 Å². The largest absolute Gasteiger partial charge is 0.310 e. The van der Waals surface area contributed by atoms with Crippen molar-refractivity contribution in [1.29, 1.82) is 0 Å². The fourth-order valence-electron chi connectivity index (χ4n) is 1.34. The third kappa shape index (κ3) is 1.18. The molecule has 0 spiro atoms. The maximum Gasteiger partial charge on any atom is 0.225 e. The molecule has 0 saturated carbocycles. The SMILES string of the molecule is Cc1ccc2c(n1)NC(=O)CC2. The van der Waals surface area contributed by atoms with Gasteiger partial charge in [0.05, 0.1) is 0 Å². The highest BCUT2D eigenvalue weighted by Crippen LogP contribution is 2.19. The lowest BCUT2D eigenvalue weighted by Crippen LogP contribution is -2.20. The lowest BCUT2D eigenvalue weighted by molar-refractivity contribution is -0.116. The fraction of sp³-hybridized carbons (Fsp3) is 0.333. The Morgan fingerprint density at radius 1 is 1.42 bits per heavy atom. The number of carbonyl (C=O) groups excluding carboxylic acids is 1. The zero-order valence-electron chi connectivity index (χ0n) is 6.92. The highest BCUT2D eigenvalue weighted by Gasteiger charge is 2.14. The van der Waals surface area contributed by atoms with Crippen molar-refractivity contribution in [3.63, 3.8) is 0 Å². The molecule has 3 nitrogen and oxygen atoms in total. The zero-order valence-corrected chi connectivity index (χ0v) is 6.92. The molecule has 1 aliphatic rings. The van der Waals surface area contributed by atoms with Crippen LogP contribution in [0.1, 0.15) is 17.7 Å². The Balaban J connectivity index is 2.44. The smallest absolute Gasteiger partial charge is 0.225 e. The molecule has 0 aromatic carbocycles. The van der Waals surface area contributed by atoms with Crippen LogP contribution in [0.15, 0.2) is 12.1 Å². The van der Waals surface area contributed by atoms with Crippen molar-refractivity contribution in [2.24, 2.45) is 0 Å². The predicted molar refractivity (Wildman–Crippen MR) is 45.9 cm³/mol. The molecule has 0 unspecified atom stereocenters. The van der Waals surface area contributed by atoms with Crippen LogP contribution in [-0.2, 0) is 11.2 Å². The summed E-state index contributed by atoms with van der Waals surface area (Å²) in [4.78, 5) is 15.2. The van der Waals surface area contributed by atoms with Crippen molar-refractivity contribution in [3.8, 4) is 0 Å². The summed E-state index contributed by atoms with van der Waals surface area (Å²) in [6.45, 7) is 1.92. The summed E-state index contributed by atoms with van der Waals surface area (Å²) in [5, 5.41) is 2.75. The third-order valence-electron chi connectivity index (χ3n) is 2.00. The van der Waals surface area contributed by atoms with E-state index in [9.17, 15) is 4.79 Å². The van der Waals surface area contributed by atoms with E-state index in [4.69, 9.17) is 0 Å². The number of amides is 1. The Labute approximate surface area is 70.8 Å². The van der Waals surface area contributed by atoms with E-state index in [2.05, 4.69) is 10.3 Å². The summed E-state index contributed by atoms with van der Waals surface area (Å²) in [5.41, 5.74) is 2.08. The van der Waals surface area contributed by atoms with Crippen molar-refractivity contribution >= 4 is 11.7 Å². The van der Waals surface area contributed by atoms with Crippen LogP contribution >= 0.6 is 0 Å². The van der Waals surface area contributed by atoms with Crippen molar-refractivity contribution in [3.05, 3.63) is 23.4 Å². The average molecular weight is 162 g/mol. The molecule has 62 valence electrons. The van der Waals surface area contributed by atoms with Crippen LogP contribution in [0.2, 0.25) is 0 Å². The van der Waals surface area contributed by atoms with Crippen molar-refractivity contribution in [1.82, 2.24) is 4.98 Å². The van der Waals surface area contributed by atoms with Gasteiger partial charge in [-0.05, 0) is 25.0 Å². The van der Waals surface area contributed by atoms with E-state index in [1.165, 1.54) is 0 Å². The number of hydrogen-bond acceptors (Lipinski definition) is 2. The highest BCUT2D eigenvalue weighted by atomic mass is 16.1. The number of rotatable bonds is 0. The fourth-order valence-corrected chi connectivity index (χ4v) is 1.34. The monoisotopic (exact) mass is 162 g/mol. The Hall–Kier alpha value is -1.38. The number of nitrogens with one attached hydrogen (secondary N) is 1. The van der Waals surface area contributed by atoms with E-state index in [1.807, 2.05) is 19.1 Å². The van der Waals surface area contributed by atoms with E-state index >= 15 is 0 Å². The van der Waals surface area contributed by atoms with E-state index in [0.717, 1.165) is 23.5 Å². The first-order valence-electron chi connectivity index (χ1n) is 4.02. The number of fused-ring (bicyclic) bond motifs is 1. The zero-order chi connectivity index (χ0) is 8.55. The normalized spacial score (nSPS) is 15.2. The van der Waals surface area contributed by atoms with E-state index in [-0.39, 0.29) is 5.91 Å². The van der Waals surface area contributed by atoms with Gasteiger partial charge in [0.1, 0.15) is 5.82 Å². The van der Waals surface area contributed by atoms with E-state index in [1.54, 1.807) is 0 Å². The number of aryl methyl sites for hydroxylation is 2. The van der Waals surface area contributed by atoms with Gasteiger partial charge in [0.2, 0.25) is 5.91 Å². The quantitative estimate of drug-likeness (QED) is 0.624. The lowest BCUT2D eigenvalue weighted by Gasteiger charge is -2.15. The molecule has 0 saturated heterocycles. The number of carbonyl (C=O) groups is 1. The number of anilines is 1. The number of nitrogens with zero attached hydrogens (tertiary/aromatic N) is 1. The van der Waals surface area contributed by atoms with Crippen LogP contribution in [0.3, 0.4) is 0 Å². The predicted octanol–water partition coefficient (Wildman–Crippen LogP) is 1.27. The first kappa shape index (κ1) is 7.28. The first-order chi connectivity index (χ1) is 5.75. The van der Waals surface area contributed by atoms with Gasteiger partial charge >= 0.3 is 0 Å². The Morgan fingerprint density at radius 2 is 2.25 bits per heavy atom. The summed E-state index contributed by atoms with van der Waals surface area (Å²) in [6.07, 6.45) is 1.40. The summed E-state index contributed by atoms with van der Waals surface area (Å²) in [7, 11) is 0. The molecule has 1 N–H and O–H groups in total. The van der Waals surface area contributed by atoms with Gasteiger partial charge in [-0.15, -0.1) is 0 Å². The van der Waals surface area contributed by atoms with Gasteiger partial charge in [-0.3, -0.25) is 4.79 Å². The maximum absolute atomic E-state index is 11.0. The molecular formula is C9H10N2O. The number of hydrogen-bond donors (Lipinski definition) is 1. The van der Waals surface area contributed by atoms with Gasteiger partial charge in [-0.2, -0.15) is 0 Å². The second kappa shape index (κ2) is 2.59. The summed E-state index contributed by atoms with van der Waals surface area (Å²) < 4.78 is 0. The average Bonchev–Trinajstić information content (AvgIpc) is 2.03. The van der Waals surface area contributed by atoms with Gasteiger partial charge in [0.25, 0.3) is 0 Å². The molecule has 0 bridgehead atoms. The van der Waals surface area contributed by atoms with Crippen molar-refractivity contribution in [2.75, 3.05) is 5.32 Å². The van der Waals surface area contributed by atoms with Crippen LogP contribution in [0, 0.1) is 6.92 Å². The first-order valence-corrected chi connectivity index (χ1v) is 4.02. The van der Waals surface area contributed by atoms with Crippen LogP contribution in [0.5, 0.6) is 0 Å². The molecule has 0 atom stereocenters. The number of aromatic nitrogens is 1. The summed E-state index contributed by atoms with van der Waals surface area (Å²) in [5.74, 6) is 0.812. The standard InChI is InChI=1S/C9H10N2O/c1-6-2-3-7-4-5-8(12)11-9(7)10-6/h2-3H,4-5H2,1H3,(H,10,11,12). The van der Waals surface area contributed by atoms with Crippen LogP contribution < -0.4 is 5.32 Å². The van der Waals surface area contributed by atoms with Gasteiger partial charge in [-0.25, -0.2) is 4.98 Å². The van der Waals surface area contributed by atoms with E-state index in [0.29, 0.717) is 6.42 Å². The Kier molecular flexibility index (Phi) is 1.57. The molecule has 2 rings (SSSR count). The molecule has 1 aromatic rings. The van der Waals surface area contributed by atoms with Crippen LogP contribution in [-0.4, -0.2) is 10.9 Å². The second-order valence-electron chi connectivity index (χ2n) is 3.01. The minimum absolute atomic E-state index is 0.0700. The minimum atomic E-state index is 0.0700. The Bertz CT molecular complexity index is 333. The lowest BCUT2D eigenvalue weighted by atomic mass is 10.1. The second-order valence-corrected chi connectivity index (χ2v) is 3.01. The molecule has 12 heavy (non-hydrogen) atoms. The molecule has 3 heteroatoms. The molecule has 0 aliphatic carbocycles. The number of pyridine rings is 1. The van der Waals surface area contributed by atoms with Crippen LogP contribution in [0.25, 0.3) is 0 Å². The van der Waals surface area contributed by atoms with Gasteiger partial charge in [-0.1, -0.05) is 6.07 Å². The van der Waals surface area contributed by atoms with Gasteiger partial charge in [0.15, 0.2) is 0 Å². The summed E-state index contributed by atoms with van der Waals surface area (Å²) >= 11 is 0. The molecule has 2 heterocycles. The minimum Gasteiger partial charge on any atom is -0.310 e. The van der Waals surface area contributed by atoms with Gasteiger partial charge < -0.3 is 5.32 Å². The highest BCUT2D eigenvalue weighted by molar-refractivity contribution is 5.92. The maximum atomic E-state index is 11.0. The molecular weight excluding hydrogens is 152 g/mol. The topological polar surface area (TPSA) is 42.0 Å². The molecule has 0 radical (unpaired) electrons. The van der Waals surface area contributed by atoms with Crippen LogP contribution in [0.4, 0.5) is 5.82 Å².